The Morgan fingerprint density at radius 3 is 2.63 bits per heavy atom. The zero-order chi connectivity index (χ0) is 19.2. The molecular weight excluding hydrogens is 340 g/mol. The van der Waals surface area contributed by atoms with E-state index in [2.05, 4.69) is 46.7 Å². The SMILES string of the molecule is COc1ccccc1-c1cc(C(=O)N/N=C\c2ccc(C(C)C)cc2)[nH]n1. The predicted octanol–water partition coefficient (Wildman–Crippen LogP) is 3.97. The van der Waals surface area contributed by atoms with Gasteiger partial charge in [0.15, 0.2) is 0 Å². The highest BCUT2D eigenvalue weighted by molar-refractivity contribution is 5.94. The Bertz CT molecular complexity index is 943. The van der Waals surface area contributed by atoms with Gasteiger partial charge in [0.2, 0.25) is 0 Å². The van der Waals surface area contributed by atoms with Crippen LogP contribution in [0.25, 0.3) is 11.3 Å². The molecule has 0 saturated heterocycles. The number of hydrogen-bond acceptors (Lipinski definition) is 4. The topological polar surface area (TPSA) is 79.4 Å². The smallest absolute Gasteiger partial charge is 0.289 e. The zero-order valence-electron chi connectivity index (χ0n) is 15.6. The quantitative estimate of drug-likeness (QED) is 0.514. The zero-order valence-corrected chi connectivity index (χ0v) is 15.6. The van der Waals surface area contributed by atoms with E-state index in [0.29, 0.717) is 23.1 Å². The van der Waals surface area contributed by atoms with E-state index in [1.165, 1.54) is 5.56 Å². The van der Waals surface area contributed by atoms with Gasteiger partial charge < -0.3 is 4.74 Å². The summed E-state index contributed by atoms with van der Waals surface area (Å²) in [5, 5.41) is 10.9. The molecule has 0 bridgehead atoms. The number of hydrazone groups is 1. The van der Waals surface area contributed by atoms with Crippen LogP contribution in [0.3, 0.4) is 0 Å². The number of H-pyrrole nitrogens is 1. The number of nitrogens with one attached hydrogen (secondary N) is 2. The largest absolute Gasteiger partial charge is 0.496 e. The molecule has 0 atom stereocenters. The van der Waals surface area contributed by atoms with Crippen molar-refractivity contribution < 1.29 is 9.53 Å². The summed E-state index contributed by atoms with van der Waals surface area (Å²) in [6.45, 7) is 4.29. The minimum absolute atomic E-state index is 0.322. The maximum absolute atomic E-state index is 12.3. The fourth-order valence-electron chi connectivity index (χ4n) is 2.62. The first-order chi connectivity index (χ1) is 13.1. The van der Waals surface area contributed by atoms with Crippen molar-refractivity contribution in [3.63, 3.8) is 0 Å². The molecule has 0 fully saturated rings. The van der Waals surface area contributed by atoms with Crippen molar-refractivity contribution in [2.45, 2.75) is 19.8 Å². The fourth-order valence-corrected chi connectivity index (χ4v) is 2.62. The highest BCUT2D eigenvalue weighted by atomic mass is 16.5. The first-order valence-corrected chi connectivity index (χ1v) is 8.70. The normalized spacial score (nSPS) is 11.1. The van der Waals surface area contributed by atoms with Crippen LogP contribution in [0, 0.1) is 0 Å². The van der Waals surface area contributed by atoms with Crippen molar-refractivity contribution in [3.05, 3.63) is 71.4 Å². The lowest BCUT2D eigenvalue weighted by atomic mass is 10.0. The molecule has 0 aliphatic carbocycles. The molecule has 6 heteroatoms. The van der Waals surface area contributed by atoms with Crippen molar-refractivity contribution in [1.29, 1.82) is 0 Å². The summed E-state index contributed by atoms with van der Waals surface area (Å²) in [5.41, 5.74) is 6.45. The summed E-state index contributed by atoms with van der Waals surface area (Å²) in [6.07, 6.45) is 1.61. The number of amides is 1. The summed E-state index contributed by atoms with van der Waals surface area (Å²) in [6, 6.07) is 17.2. The second-order valence-corrected chi connectivity index (χ2v) is 6.39. The third-order valence-electron chi connectivity index (χ3n) is 4.19. The monoisotopic (exact) mass is 362 g/mol. The molecule has 1 heterocycles. The Kier molecular flexibility index (Phi) is 5.66. The van der Waals surface area contributed by atoms with Crippen molar-refractivity contribution in [3.8, 4) is 17.0 Å². The van der Waals surface area contributed by atoms with Crippen LogP contribution in [0.2, 0.25) is 0 Å². The second-order valence-electron chi connectivity index (χ2n) is 6.39. The number of ether oxygens (including phenoxy) is 1. The molecule has 2 aromatic carbocycles. The molecule has 1 aromatic heterocycles. The van der Waals surface area contributed by atoms with E-state index in [1.54, 1.807) is 19.4 Å². The van der Waals surface area contributed by atoms with Crippen LogP contribution >= 0.6 is 0 Å². The molecule has 0 radical (unpaired) electrons. The number of para-hydroxylation sites is 1. The Hall–Kier alpha value is -3.41. The Morgan fingerprint density at radius 1 is 1.19 bits per heavy atom. The van der Waals surface area contributed by atoms with Gasteiger partial charge in [-0.15, -0.1) is 0 Å². The number of hydrogen-bond donors (Lipinski definition) is 2. The number of carbonyl (C=O) groups is 1. The number of rotatable bonds is 6. The first-order valence-electron chi connectivity index (χ1n) is 8.70. The van der Waals surface area contributed by atoms with E-state index in [9.17, 15) is 4.79 Å². The van der Waals surface area contributed by atoms with Gasteiger partial charge in [-0.3, -0.25) is 9.89 Å². The number of benzene rings is 2. The third kappa shape index (κ3) is 4.41. The Balaban J connectivity index is 1.66. The highest BCUT2D eigenvalue weighted by Crippen LogP contribution is 2.28. The van der Waals surface area contributed by atoms with Crippen LogP contribution in [0.4, 0.5) is 0 Å². The summed E-state index contributed by atoms with van der Waals surface area (Å²) < 4.78 is 5.33. The minimum Gasteiger partial charge on any atom is -0.496 e. The molecule has 3 aromatic rings. The Labute approximate surface area is 158 Å². The van der Waals surface area contributed by atoms with Gasteiger partial charge in [-0.05, 0) is 35.2 Å². The lowest BCUT2D eigenvalue weighted by molar-refractivity contribution is 0.0950. The molecule has 2 N–H and O–H groups in total. The molecule has 0 spiro atoms. The second kappa shape index (κ2) is 8.31. The van der Waals surface area contributed by atoms with Crippen molar-refractivity contribution in [2.75, 3.05) is 7.11 Å². The minimum atomic E-state index is -0.362. The maximum atomic E-state index is 12.3. The standard InChI is InChI=1S/C21H22N4O2/c1-14(2)16-10-8-15(9-11-16)13-22-25-21(26)19-12-18(23-24-19)17-6-4-5-7-20(17)27-3/h4-14H,1-3H3,(H,23,24)(H,25,26)/b22-13-. The fraction of sp³-hybridized carbons (Fsp3) is 0.190. The van der Waals surface area contributed by atoms with Crippen LogP contribution in [0.15, 0.2) is 59.7 Å². The van der Waals surface area contributed by atoms with Gasteiger partial charge in [0.05, 0.1) is 19.0 Å². The molecule has 0 aliphatic rings. The summed E-state index contributed by atoms with van der Waals surface area (Å²) in [5.74, 6) is 0.811. The van der Waals surface area contributed by atoms with Gasteiger partial charge in [0.1, 0.15) is 11.4 Å². The van der Waals surface area contributed by atoms with Crippen molar-refractivity contribution >= 4 is 12.1 Å². The van der Waals surface area contributed by atoms with E-state index >= 15 is 0 Å². The lowest BCUT2D eigenvalue weighted by Crippen LogP contribution is -2.18. The summed E-state index contributed by atoms with van der Waals surface area (Å²) in [7, 11) is 1.60. The predicted molar refractivity (Wildman–Crippen MR) is 106 cm³/mol. The van der Waals surface area contributed by atoms with E-state index in [4.69, 9.17) is 4.74 Å². The number of carbonyl (C=O) groups excluding carboxylic acids is 1. The summed E-state index contributed by atoms with van der Waals surface area (Å²) >= 11 is 0. The average Bonchev–Trinajstić information content (AvgIpc) is 3.18. The molecular formula is C21H22N4O2. The van der Waals surface area contributed by atoms with E-state index < -0.39 is 0 Å². The molecule has 6 nitrogen and oxygen atoms in total. The molecule has 1 amide bonds. The number of aromatic amines is 1. The van der Waals surface area contributed by atoms with Crippen LogP contribution < -0.4 is 10.2 Å². The van der Waals surface area contributed by atoms with Gasteiger partial charge in [-0.2, -0.15) is 10.2 Å². The van der Waals surface area contributed by atoms with Crippen molar-refractivity contribution in [2.24, 2.45) is 5.10 Å². The molecule has 138 valence electrons. The molecule has 0 unspecified atom stereocenters. The van der Waals surface area contributed by atoms with E-state index in [1.807, 2.05) is 36.4 Å². The Morgan fingerprint density at radius 2 is 1.93 bits per heavy atom. The van der Waals surface area contributed by atoms with Gasteiger partial charge >= 0.3 is 0 Å². The highest BCUT2D eigenvalue weighted by Gasteiger charge is 2.13. The molecule has 0 saturated carbocycles. The number of methoxy groups -OCH3 is 1. The van der Waals surface area contributed by atoms with Crippen molar-refractivity contribution in [1.82, 2.24) is 15.6 Å². The van der Waals surface area contributed by atoms with Crippen LogP contribution in [-0.2, 0) is 0 Å². The number of nitrogens with zero attached hydrogens (tertiary/aromatic N) is 2. The summed E-state index contributed by atoms with van der Waals surface area (Å²) in [4.78, 5) is 12.3. The average molecular weight is 362 g/mol. The van der Waals surface area contributed by atoms with Gasteiger partial charge in [0, 0.05) is 5.56 Å². The van der Waals surface area contributed by atoms with E-state index in [0.717, 1.165) is 11.1 Å². The third-order valence-corrected chi connectivity index (χ3v) is 4.19. The van der Waals surface area contributed by atoms with Crippen LogP contribution in [-0.4, -0.2) is 29.4 Å². The van der Waals surface area contributed by atoms with E-state index in [-0.39, 0.29) is 5.91 Å². The van der Waals surface area contributed by atoms with Crippen LogP contribution in [0.1, 0.15) is 41.4 Å². The van der Waals surface area contributed by atoms with Gasteiger partial charge in [-0.1, -0.05) is 50.2 Å². The lowest BCUT2D eigenvalue weighted by Gasteiger charge is -2.04. The van der Waals surface area contributed by atoms with Crippen LogP contribution in [0.5, 0.6) is 5.75 Å². The maximum Gasteiger partial charge on any atom is 0.289 e. The molecule has 27 heavy (non-hydrogen) atoms. The molecule has 3 rings (SSSR count). The van der Waals surface area contributed by atoms with Gasteiger partial charge in [-0.25, -0.2) is 5.43 Å². The first kappa shape index (κ1) is 18.4. The number of aromatic nitrogens is 2. The van der Waals surface area contributed by atoms with Gasteiger partial charge in [0.25, 0.3) is 5.91 Å². The molecule has 0 aliphatic heterocycles.